The van der Waals surface area contributed by atoms with Crippen molar-refractivity contribution in [2.75, 3.05) is 18.5 Å². The van der Waals surface area contributed by atoms with Gasteiger partial charge in [0.15, 0.2) is 11.3 Å². The molecule has 2 heterocycles. The van der Waals surface area contributed by atoms with E-state index in [-0.39, 0.29) is 23.6 Å². The van der Waals surface area contributed by atoms with E-state index in [0.29, 0.717) is 33.9 Å². The molecule has 3 rings (SSSR count). The van der Waals surface area contributed by atoms with Gasteiger partial charge in [-0.25, -0.2) is 4.79 Å². The Morgan fingerprint density at radius 2 is 1.93 bits per heavy atom. The number of benzene rings is 1. The van der Waals surface area contributed by atoms with Crippen LogP contribution in [0.3, 0.4) is 0 Å². The van der Waals surface area contributed by atoms with Crippen molar-refractivity contribution in [3.8, 4) is 5.75 Å². The molecule has 2 N–H and O–H groups in total. The lowest BCUT2D eigenvalue weighted by molar-refractivity contribution is 0.0528. The molecular formula is C22H24N2O5S. The third kappa shape index (κ3) is 4.38. The molecule has 0 fully saturated rings. The second-order valence-corrected chi connectivity index (χ2v) is 7.90. The van der Waals surface area contributed by atoms with Gasteiger partial charge in [-0.05, 0) is 38.0 Å². The Labute approximate surface area is 178 Å². The van der Waals surface area contributed by atoms with Crippen LogP contribution in [0.5, 0.6) is 5.75 Å². The fourth-order valence-corrected chi connectivity index (χ4v) is 3.93. The summed E-state index contributed by atoms with van der Waals surface area (Å²) in [6.45, 7) is 8.29. The first-order valence-corrected chi connectivity index (χ1v) is 10.5. The molecule has 1 amide bonds. The minimum absolute atomic E-state index is 0.0606. The van der Waals surface area contributed by atoms with Gasteiger partial charge in [0.1, 0.15) is 10.6 Å². The fourth-order valence-electron chi connectivity index (χ4n) is 2.89. The number of para-hydroxylation sites is 1. The van der Waals surface area contributed by atoms with Gasteiger partial charge in [0.05, 0.1) is 18.8 Å². The van der Waals surface area contributed by atoms with Crippen molar-refractivity contribution in [1.82, 2.24) is 0 Å². The Balaban J connectivity index is 1.98. The molecule has 0 spiro atoms. The van der Waals surface area contributed by atoms with Crippen LogP contribution in [0.4, 0.5) is 5.00 Å². The zero-order chi connectivity index (χ0) is 21.8. The molecule has 0 saturated heterocycles. The van der Waals surface area contributed by atoms with E-state index in [0.717, 1.165) is 4.88 Å². The molecule has 2 aromatic heterocycles. The number of fused-ring (bicyclic) bond motifs is 1. The van der Waals surface area contributed by atoms with Crippen LogP contribution in [0.2, 0.25) is 0 Å². The van der Waals surface area contributed by atoms with E-state index in [1.54, 1.807) is 37.3 Å². The average molecular weight is 429 g/mol. The first kappa shape index (κ1) is 21.6. The smallest absolute Gasteiger partial charge is 0.341 e. The number of nitrogens with one attached hydrogen (secondary N) is 2. The van der Waals surface area contributed by atoms with Crippen LogP contribution in [0.25, 0.3) is 11.0 Å². The molecule has 0 aliphatic heterocycles. The predicted molar refractivity (Wildman–Crippen MR) is 116 cm³/mol. The summed E-state index contributed by atoms with van der Waals surface area (Å²) in [4.78, 5) is 26.2. The molecule has 0 bridgehead atoms. The summed E-state index contributed by atoms with van der Waals surface area (Å²) in [5, 5.41) is 12.0. The van der Waals surface area contributed by atoms with Crippen molar-refractivity contribution in [2.24, 2.45) is 0 Å². The summed E-state index contributed by atoms with van der Waals surface area (Å²) >= 11 is 1.32. The monoisotopic (exact) mass is 428 g/mol. The summed E-state index contributed by atoms with van der Waals surface area (Å²) in [5.41, 5.74) is 0.490. The number of hydrogen-bond donors (Lipinski definition) is 2. The summed E-state index contributed by atoms with van der Waals surface area (Å²) in [5.74, 6) is -0.324. The van der Waals surface area contributed by atoms with Crippen LogP contribution in [0.15, 0.2) is 34.7 Å². The minimum Gasteiger partial charge on any atom is -0.490 e. The second kappa shape index (κ2) is 9.13. The van der Waals surface area contributed by atoms with Gasteiger partial charge in [-0.15, -0.1) is 11.3 Å². The molecular weight excluding hydrogens is 404 g/mol. The van der Waals surface area contributed by atoms with Gasteiger partial charge in [0.25, 0.3) is 5.91 Å². The normalized spacial score (nSPS) is 11.0. The van der Waals surface area contributed by atoms with Crippen LogP contribution in [-0.4, -0.2) is 25.1 Å². The molecule has 0 atom stereocenters. The van der Waals surface area contributed by atoms with Crippen molar-refractivity contribution in [2.45, 2.75) is 33.6 Å². The standard InChI is InChI=1S/C22H24N2O5S/c1-5-27-16-9-7-8-13-10-14(19(23)29-18(13)16)20(25)24-21-15(22(26)28-6-2)11-17(30-21)12(3)4/h7-12,23H,5-6H2,1-4H3,(H,24,25). The average Bonchev–Trinajstić information content (AvgIpc) is 3.12. The lowest BCUT2D eigenvalue weighted by atomic mass is 10.1. The Bertz CT molecular complexity index is 1150. The van der Waals surface area contributed by atoms with E-state index in [1.807, 2.05) is 20.8 Å². The summed E-state index contributed by atoms with van der Waals surface area (Å²) in [7, 11) is 0. The van der Waals surface area contributed by atoms with Crippen molar-refractivity contribution >= 4 is 39.2 Å². The van der Waals surface area contributed by atoms with E-state index < -0.39 is 11.9 Å². The van der Waals surface area contributed by atoms with Crippen LogP contribution in [-0.2, 0) is 4.74 Å². The molecule has 0 saturated carbocycles. The van der Waals surface area contributed by atoms with E-state index >= 15 is 0 Å². The highest BCUT2D eigenvalue weighted by Crippen LogP contribution is 2.34. The number of ether oxygens (including phenoxy) is 2. The van der Waals surface area contributed by atoms with Crippen molar-refractivity contribution in [3.63, 3.8) is 0 Å². The number of anilines is 1. The van der Waals surface area contributed by atoms with E-state index in [4.69, 9.17) is 19.3 Å². The lowest BCUT2D eigenvalue weighted by Gasteiger charge is -2.09. The molecule has 1 aromatic carbocycles. The zero-order valence-electron chi connectivity index (χ0n) is 17.3. The highest BCUT2D eigenvalue weighted by atomic mass is 32.1. The number of rotatable bonds is 7. The maximum atomic E-state index is 12.9. The molecule has 0 unspecified atom stereocenters. The summed E-state index contributed by atoms with van der Waals surface area (Å²) in [6, 6.07) is 8.65. The quantitative estimate of drug-likeness (QED) is 0.520. The van der Waals surface area contributed by atoms with Gasteiger partial charge < -0.3 is 19.2 Å². The van der Waals surface area contributed by atoms with E-state index in [2.05, 4.69) is 5.32 Å². The fraction of sp³-hybridized carbons (Fsp3) is 0.318. The first-order valence-electron chi connectivity index (χ1n) is 9.72. The third-order valence-electron chi connectivity index (χ3n) is 4.34. The number of amides is 1. The SMILES string of the molecule is CCOC(=O)c1cc(C(C)C)sc1NC(=O)c1cc2cccc(OCC)c2oc1=N. The molecule has 7 nitrogen and oxygen atoms in total. The van der Waals surface area contributed by atoms with Crippen LogP contribution in [0, 0.1) is 5.41 Å². The van der Waals surface area contributed by atoms with Crippen LogP contribution in [0.1, 0.15) is 59.2 Å². The van der Waals surface area contributed by atoms with Gasteiger partial charge in [-0.2, -0.15) is 0 Å². The Kier molecular flexibility index (Phi) is 6.56. The predicted octanol–water partition coefficient (Wildman–Crippen LogP) is 4.92. The molecule has 0 aliphatic rings. The summed E-state index contributed by atoms with van der Waals surface area (Å²) < 4.78 is 16.2. The Morgan fingerprint density at radius 3 is 2.60 bits per heavy atom. The largest absolute Gasteiger partial charge is 0.490 e. The minimum atomic E-state index is -0.532. The lowest BCUT2D eigenvalue weighted by Crippen LogP contribution is -2.21. The Hall–Kier alpha value is -3.13. The molecule has 8 heteroatoms. The molecule has 3 aromatic rings. The molecule has 158 valence electrons. The maximum Gasteiger partial charge on any atom is 0.341 e. The third-order valence-corrected chi connectivity index (χ3v) is 5.70. The van der Waals surface area contributed by atoms with Gasteiger partial charge in [0.2, 0.25) is 5.55 Å². The van der Waals surface area contributed by atoms with E-state index in [9.17, 15) is 9.59 Å². The van der Waals surface area contributed by atoms with Gasteiger partial charge in [0, 0.05) is 10.3 Å². The van der Waals surface area contributed by atoms with Gasteiger partial charge >= 0.3 is 5.97 Å². The van der Waals surface area contributed by atoms with Crippen LogP contribution >= 0.6 is 11.3 Å². The van der Waals surface area contributed by atoms with Crippen molar-refractivity contribution in [3.05, 3.63) is 51.9 Å². The topological polar surface area (TPSA) is 102 Å². The Morgan fingerprint density at radius 1 is 1.17 bits per heavy atom. The number of hydrogen-bond acceptors (Lipinski definition) is 7. The van der Waals surface area contributed by atoms with Crippen molar-refractivity contribution < 1.29 is 23.5 Å². The maximum absolute atomic E-state index is 12.9. The summed E-state index contributed by atoms with van der Waals surface area (Å²) in [6.07, 6.45) is 0. The molecule has 0 aliphatic carbocycles. The molecule has 0 radical (unpaired) electrons. The van der Waals surface area contributed by atoms with Gasteiger partial charge in [-0.1, -0.05) is 26.0 Å². The highest BCUT2D eigenvalue weighted by molar-refractivity contribution is 7.16. The first-order chi connectivity index (χ1) is 14.3. The van der Waals surface area contributed by atoms with Gasteiger partial charge in [-0.3, -0.25) is 10.2 Å². The van der Waals surface area contributed by atoms with Crippen molar-refractivity contribution in [1.29, 1.82) is 5.41 Å². The number of carbonyl (C=O) groups excluding carboxylic acids is 2. The van der Waals surface area contributed by atoms with E-state index in [1.165, 1.54) is 11.3 Å². The molecule has 30 heavy (non-hydrogen) atoms. The van der Waals surface area contributed by atoms with Crippen LogP contribution < -0.4 is 15.6 Å². The number of esters is 1. The number of thiophene rings is 1. The highest BCUT2D eigenvalue weighted by Gasteiger charge is 2.22. The number of carbonyl (C=O) groups is 2. The second-order valence-electron chi connectivity index (χ2n) is 6.82. The zero-order valence-corrected chi connectivity index (χ0v) is 18.1.